The molecule has 13 heavy (non-hydrogen) atoms. The predicted octanol–water partition coefficient (Wildman–Crippen LogP) is 0.688. The summed E-state index contributed by atoms with van der Waals surface area (Å²) in [4.78, 5) is -0.296. The van der Waals surface area contributed by atoms with E-state index < -0.39 is 15.7 Å². The monoisotopic (exact) mass is 203 g/mol. The Morgan fingerprint density at radius 1 is 1.46 bits per heavy atom. The first kappa shape index (κ1) is 10.1. The van der Waals surface area contributed by atoms with Crippen molar-refractivity contribution in [3.8, 4) is 0 Å². The van der Waals surface area contributed by atoms with E-state index in [0.29, 0.717) is 5.56 Å². The van der Waals surface area contributed by atoms with Crippen LogP contribution >= 0.6 is 0 Å². The molecule has 2 N–H and O–H groups in total. The van der Waals surface area contributed by atoms with Gasteiger partial charge in [0, 0.05) is 12.8 Å². The van der Waals surface area contributed by atoms with Gasteiger partial charge in [-0.2, -0.15) is 0 Å². The van der Waals surface area contributed by atoms with Crippen LogP contribution in [0.5, 0.6) is 0 Å². The minimum Gasteiger partial charge on any atom is -0.326 e. The Kier molecular flexibility index (Phi) is 2.68. The summed E-state index contributed by atoms with van der Waals surface area (Å²) in [6.45, 7) is 0.197. The van der Waals surface area contributed by atoms with Crippen LogP contribution in [-0.4, -0.2) is 14.7 Å². The number of hydrogen-bond acceptors (Lipinski definition) is 3. The highest BCUT2D eigenvalue weighted by molar-refractivity contribution is 7.90. The van der Waals surface area contributed by atoms with Crippen molar-refractivity contribution in [3.63, 3.8) is 0 Å². The number of hydrogen-bond donors (Lipinski definition) is 1. The maximum Gasteiger partial charge on any atom is 0.178 e. The first-order chi connectivity index (χ1) is 5.95. The van der Waals surface area contributed by atoms with Gasteiger partial charge in [0.2, 0.25) is 0 Å². The SMILES string of the molecule is CS(=O)(=O)c1cc(CN)ccc1F. The second kappa shape index (κ2) is 3.43. The molecule has 1 rings (SSSR count). The molecule has 0 fully saturated rings. The summed E-state index contributed by atoms with van der Waals surface area (Å²) in [6.07, 6.45) is 0.964. The highest BCUT2D eigenvalue weighted by atomic mass is 32.2. The number of benzene rings is 1. The second-order valence-corrected chi connectivity index (χ2v) is 4.73. The fraction of sp³-hybridized carbons (Fsp3) is 0.250. The molecular formula is C8H10FNO2S. The lowest BCUT2D eigenvalue weighted by Crippen LogP contribution is -2.04. The lowest BCUT2D eigenvalue weighted by Gasteiger charge is -2.02. The van der Waals surface area contributed by atoms with E-state index in [0.717, 1.165) is 12.3 Å². The molecule has 5 heteroatoms. The van der Waals surface area contributed by atoms with Gasteiger partial charge >= 0.3 is 0 Å². The van der Waals surface area contributed by atoms with E-state index in [-0.39, 0.29) is 11.4 Å². The van der Waals surface area contributed by atoms with Gasteiger partial charge in [-0.1, -0.05) is 6.07 Å². The highest BCUT2D eigenvalue weighted by Crippen LogP contribution is 2.15. The van der Waals surface area contributed by atoms with Crippen LogP contribution in [-0.2, 0) is 16.4 Å². The van der Waals surface area contributed by atoms with Crippen molar-refractivity contribution in [2.75, 3.05) is 6.26 Å². The summed E-state index contributed by atoms with van der Waals surface area (Å²) in [5.41, 5.74) is 5.89. The molecule has 1 aromatic carbocycles. The molecule has 0 heterocycles. The summed E-state index contributed by atoms with van der Waals surface area (Å²) in [5.74, 6) is -0.736. The largest absolute Gasteiger partial charge is 0.326 e. The molecule has 0 unspecified atom stereocenters. The molecule has 3 nitrogen and oxygen atoms in total. The van der Waals surface area contributed by atoms with Gasteiger partial charge in [-0.3, -0.25) is 0 Å². The molecule has 72 valence electrons. The topological polar surface area (TPSA) is 60.2 Å². The molecule has 0 aliphatic carbocycles. The highest BCUT2D eigenvalue weighted by Gasteiger charge is 2.13. The van der Waals surface area contributed by atoms with E-state index in [1.165, 1.54) is 12.1 Å². The van der Waals surface area contributed by atoms with Crippen LogP contribution in [0.15, 0.2) is 23.1 Å². The summed E-state index contributed by atoms with van der Waals surface area (Å²) in [6, 6.07) is 3.83. The van der Waals surface area contributed by atoms with Crippen molar-refractivity contribution in [1.82, 2.24) is 0 Å². The molecule has 0 aliphatic rings. The van der Waals surface area contributed by atoms with Gasteiger partial charge in [-0.15, -0.1) is 0 Å². The van der Waals surface area contributed by atoms with Gasteiger partial charge in [0.25, 0.3) is 0 Å². The van der Waals surface area contributed by atoms with Crippen molar-refractivity contribution >= 4 is 9.84 Å². The molecule has 0 bridgehead atoms. The molecule has 0 aromatic heterocycles. The molecule has 1 aromatic rings. The second-order valence-electron chi connectivity index (χ2n) is 2.74. The van der Waals surface area contributed by atoms with E-state index in [1.54, 1.807) is 0 Å². The van der Waals surface area contributed by atoms with Crippen LogP contribution in [0.2, 0.25) is 0 Å². The van der Waals surface area contributed by atoms with Gasteiger partial charge in [-0.05, 0) is 17.7 Å². The lowest BCUT2D eigenvalue weighted by atomic mass is 10.2. The molecular weight excluding hydrogens is 193 g/mol. The Morgan fingerprint density at radius 2 is 2.08 bits per heavy atom. The van der Waals surface area contributed by atoms with Gasteiger partial charge in [-0.25, -0.2) is 12.8 Å². The molecule has 0 radical (unpaired) electrons. The Bertz CT molecular complexity index is 414. The first-order valence-electron chi connectivity index (χ1n) is 3.63. The summed E-state index contributed by atoms with van der Waals surface area (Å²) in [7, 11) is -3.50. The van der Waals surface area contributed by atoms with Crippen LogP contribution in [0.3, 0.4) is 0 Å². The van der Waals surface area contributed by atoms with Crippen molar-refractivity contribution in [3.05, 3.63) is 29.6 Å². The zero-order chi connectivity index (χ0) is 10.1. The summed E-state index contributed by atoms with van der Waals surface area (Å²) >= 11 is 0. The van der Waals surface area contributed by atoms with Crippen LogP contribution in [0.1, 0.15) is 5.56 Å². The first-order valence-corrected chi connectivity index (χ1v) is 5.53. The van der Waals surface area contributed by atoms with E-state index >= 15 is 0 Å². The number of nitrogens with two attached hydrogens (primary N) is 1. The number of halogens is 1. The van der Waals surface area contributed by atoms with Gasteiger partial charge in [0.15, 0.2) is 9.84 Å². The smallest absolute Gasteiger partial charge is 0.178 e. The quantitative estimate of drug-likeness (QED) is 0.769. The zero-order valence-corrected chi connectivity index (χ0v) is 7.94. The lowest BCUT2D eigenvalue weighted by molar-refractivity contribution is 0.570. The Labute approximate surface area is 76.3 Å². The fourth-order valence-electron chi connectivity index (χ4n) is 0.959. The van der Waals surface area contributed by atoms with Crippen LogP contribution in [0.4, 0.5) is 4.39 Å². The van der Waals surface area contributed by atoms with E-state index in [9.17, 15) is 12.8 Å². The maximum absolute atomic E-state index is 13.0. The van der Waals surface area contributed by atoms with E-state index in [4.69, 9.17) is 5.73 Å². The molecule has 0 saturated heterocycles. The number of rotatable bonds is 2. The third-order valence-electron chi connectivity index (χ3n) is 1.63. The molecule has 0 aliphatic heterocycles. The van der Waals surface area contributed by atoms with Crippen molar-refractivity contribution < 1.29 is 12.8 Å². The van der Waals surface area contributed by atoms with Crippen molar-refractivity contribution in [1.29, 1.82) is 0 Å². The summed E-state index contributed by atoms with van der Waals surface area (Å²) < 4.78 is 35.1. The fourth-order valence-corrected chi connectivity index (χ4v) is 1.75. The van der Waals surface area contributed by atoms with E-state index in [1.807, 2.05) is 0 Å². The van der Waals surface area contributed by atoms with Crippen molar-refractivity contribution in [2.45, 2.75) is 11.4 Å². The van der Waals surface area contributed by atoms with Gasteiger partial charge < -0.3 is 5.73 Å². The average Bonchev–Trinajstić information content (AvgIpc) is 2.03. The van der Waals surface area contributed by atoms with Crippen LogP contribution < -0.4 is 5.73 Å². The zero-order valence-electron chi connectivity index (χ0n) is 7.12. The summed E-state index contributed by atoms with van der Waals surface area (Å²) in [5, 5.41) is 0. The minimum atomic E-state index is -3.50. The van der Waals surface area contributed by atoms with Crippen LogP contribution in [0, 0.1) is 5.82 Å². The molecule has 0 atom stereocenters. The predicted molar refractivity (Wildman–Crippen MR) is 47.4 cm³/mol. The van der Waals surface area contributed by atoms with Gasteiger partial charge in [0.1, 0.15) is 10.7 Å². The molecule has 0 amide bonds. The third kappa shape index (κ3) is 2.26. The van der Waals surface area contributed by atoms with Crippen molar-refractivity contribution in [2.24, 2.45) is 5.73 Å². The Morgan fingerprint density at radius 3 is 2.54 bits per heavy atom. The molecule has 0 saturated carbocycles. The van der Waals surface area contributed by atoms with E-state index in [2.05, 4.69) is 0 Å². The average molecular weight is 203 g/mol. The molecule has 0 spiro atoms. The van der Waals surface area contributed by atoms with Gasteiger partial charge in [0.05, 0.1) is 0 Å². The Balaban J connectivity index is 3.36. The number of sulfone groups is 1. The maximum atomic E-state index is 13.0. The normalized spacial score (nSPS) is 11.6. The standard InChI is InChI=1S/C8H10FNO2S/c1-13(11,12)8-4-6(5-10)2-3-7(8)9/h2-4H,5,10H2,1H3. The Hall–Kier alpha value is -0.940. The third-order valence-corrected chi connectivity index (χ3v) is 2.74. The minimum absolute atomic E-state index is 0.197. The van der Waals surface area contributed by atoms with Crippen LogP contribution in [0.25, 0.3) is 0 Å².